The second-order valence-electron chi connectivity index (χ2n) is 10.1. The van der Waals surface area contributed by atoms with E-state index in [2.05, 4.69) is 20.6 Å². The van der Waals surface area contributed by atoms with Gasteiger partial charge in [-0.1, -0.05) is 59.0 Å². The molecule has 206 valence electrons. The molecule has 2 aliphatic heterocycles. The van der Waals surface area contributed by atoms with Crippen molar-refractivity contribution in [1.82, 2.24) is 39.8 Å². The van der Waals surface area contributed by atoms with E-state index in [0.717, 1.165) is 11.1 Å². The molecule has 0 atom stereocenters. The van der Waals surface area contributed by atoms with Crippen molar-refractivity contribution in [2.45, 2.75) is 26.2 Å². The number of hydrogen-bond donors (Lipinski definition) is 0. The molecule has 2 aromatic heterocycles. The van der Waals surface area contributed by atoms with Crippen LogP contribution in [0.5, 0.6) is 0 Å². The van der Waals surface area contributed by atoms with E-state index in [1.54, 1.807) is 70.3 Å². The van der Waals surface area contributed by atoms with Gasteiger partial charge in [-0.05, 0) is 35.4 Å². The van der Waals surface area contributed by atoms with E-state index >= 15 is 0 Å². The fraction of sp³-hybridized carbons (Fsp3) is 0.133. The number of carbonyl (C=O) groups excluding carboxylic acids is 4. The molecule has 7 rings (SSSR count). The van der Waals surface area contributed by atoms with Crippen molar-refractivity contribution in [3.05, 3.63) is 130 Å². The molecule has 0 aliphatic carbocycles. The van der Waals surface area contributed by atoms with Gasteiger partial charge in [0.1, 0.15) is 11.4 Å². The molecule has 12 heteroatoms. The number of fused-ring (bicyclic) bond motifs is 2. The highest BCUT2D eigenvalue weighted by atomic mass is 16.2. The van der Waals surface area contributed by atoms with Crippen LogP contribution in [0.1, 0.15) is 63.9 Å². The summed E-state index contributed by atoms with van der Waals surface area (Å²) in [5.74, 6) is -1.37. The molecule has 4 amide bonds. The lowest BCUT2D eigenvalue weighted by Gasteiger charge is -2.11. The van der Waals surface area contributed by atoms with Crippen molar-refractivity contribution in [2.75, 3.05) is 0 Å². The minimum atomic E-state index is -0.342. The van der Waals surface area contributed by atoms with E-state index in [4.69, 9.17) is 0 Å². The summed E-state index contributed by atoms with van der Waals surface area (Å²) in [6.45, 7) is 0.870. The number of aromatic nitrogens is 6. The number of carbonyl (C=O) groups is 4. The summed E-state index contributed by atoms with van der Waals surface area (Å²) in [4.78, 5) is 53.2. The fourth-order valence-corrected chi connectivity index (χ4v) is 5.28. The number of imide groups is 2. The molecular formula is C30H22N8O4. The molecule has 0 N–H and O–H groups in total. The maximum atomic E-state index is 12.7. The first-order valence-corrected chi connectivity index (χ1v) is 13.2. The van der Waals surface area contributed by atoms with E-state index in [9.17, 15) is 19.2 Å². The molecule has 5 aromatic rings. The molecule has 42 heavy (non-hydrogen) atoms. The Balaban J connectivity index is 1.02. The molecule has 2 aliphatic rings. The van der Waals surface area contributed by atoms with Crippen molar-refractivity contribution in [2.24, 2.45) is 0 Å². The van der Waals surface area contributed by atoms with E-state index in [1.165, 1.54) is 9.80 Å². The van der Waals surface area contributed by atoms with Crippen LogP contribution >= 0.6 is 0 Å². The molecular weight excluding hydrogens is 536 g/mol. The Bertz CT molecular complexity index is 1700. The van der Waals surface area contributed by atoms with E-state index < -0.39 is 0 Å². The third-order valence-corrected chi connectivity index (χ3v) is 7.35. The molecule has 3 aromatic carbocycles. The lowest BCUT2D eigenvalue weighted by molar-refractivity contribution is 0.0625. The molecule has 0 bridgehead atoms. The van der Waals surface area contributed by atoms with Crippen LogP contribution in [-0.2, 0) is 26.2 Å². The third kappa shape index (κ3) is 4.35. The van der Waals surface area contributed by atoms with Crippen molar-refractivity contribution >= 4 is 23.6 Å². The average molecular weight is 559 g/mol. The topological polar surface area (TPSA) is 136 Å². The Kier molecular flexibility index (Phi) is 6.00. The van der Waals surface area contributed by atoms with Gasteiger partial charge in [0, 0.05) is 0 Å². The summed E-state index contributed by atoms with van der Waals surface area (Å²) in [6, 6.07) is 21.3. The zero-order valence-electron chi connectivity index (χ0n) is 22.1. The number of hydrogen-bond acceptors (Lipinski definition) is 8. The Morgan fingerprint density at radius 3 is 1.14 bits per heavy atom. The summed E-state index contributed by atoms with van der Waals surface area (Å²) in [7, 11) is 0. The van der Waals surface area contributed by atoms with Gasteiger partial charge >= 0.3 is 0 Å². The van der Waals surface area contributed by atoms with Crippen LogP contribution in [0.3, 0.4) is 0 Å². The lowest BCUT2D eigenvalue weighted by atomic mass is 10.1. The van der Waals surface area contributed by atoms with Crippen LogP contribution in [0, 0.1) is 0 Å². The Morgan fingerprint density at radius 1 is 0.452 bits per heavy atom. The SMILES string of the molecule is O=C1c2ccccc2C(=O)N1Cc1cn(Cc2ccccc2Cn2cc(CN3C(=O)c4ccccc4C3=O)nn2)nn1. The van der Waals surface area contributed by atoms with Crippen LogP contribution in [-0.4, -0.2) is 63.4 Å². The largest absolute Gasteiger partial charge is 0.269 e. The van der Waals surface area contributed by atoms with Gasteiger partial charge in [-0.3, -0.25) is 29.0 Å². The van der Waals surface area contributed by atoms with Gasteiger partial charge in [-0.25, -0.2) is 9.36 Å². The zero-order chi connectivity index (χ0) is 28.8. The van der Waals surface area contributed by atoms with Crippen LogP contribution in [0.25, 0.3) is 0 Å². The summed E-state index contributed by atoms with van der Waals surface area (Å²) in [5, 5.41) is 16.8. The number of rotatable bonds is 8. The predicted octanol–water partition coefficient (Wildman–Crippen LogP) is 2.56. The van der Waals surface area contributed by atoms with Gasteiger partial charge in [-0.2, -0.15) is 0 Å². The number of benzene rings is 3. The standard InChI is InChI=1S/C30H22N8O4/c39-27-23-9-3-4-10-24(23)28(40)37(27)17-21-15-35(33-31-21)13-19-7-1-2-8-20(19)14-36-16-22(32-34-36)18-38-29(41)25-11-5-6-12-26(25)30(38)42/h1-12,15-16H,13-14,17-18H2. The van der Waals surface area contributed by atoms with Crippen molar-refractivity contribution in [3.8, 4) is 0 Å². The highest BCUT2D eigenvalue weighted by molar-refractivity contribution is 6.21. The van der Waals surface area contributed by atoms with Gasteiger partial charge in [0.25, 0.3) is 23.6 Å². The van der Waals surface area contributed by atoms with Crippen LogP contribution in [0.15, 0.2) is 85.2 Å². The second-order valence-corrected chi connectivity index (χ2v) is 10.1. The van der Waals surface area contributed by atoms with E-state index in [1.807, 2.05) is 24.3 Å². The fourth-order valence-electron chi connectivity index (χ4n) is 5.28. The van der Waals surface area contributed by atoms with E-state index in [-0.39, 0.29) is 36.7 Å². The highest BCUT2D eigenvalue weighted by Gasteiger charge is 2.36. The van der Waals surface area contributed by atoms with Crippen molar-refractivity contribution in [1.29, 1.82) is 0 Å². The van der Waals surface area contributed by atoms with Gasteiger partial charge in [0.15, 0.2) is 0 Å². The first-order valence-electron chi connectivity index (χ1n) is 13.2. The molecule has 0 unspecified atom stereocenters. The maximum Gasteiger partial charge on any atom is 0.261 e. The minimum Gasteiger partial charge on any atom is -0.269 e. The molecule has 0 saturated heterocycles. The van der Waals surface area contributed by atoms with E-state index in [0.29, 0.717) is 46.7 Å². The summed E-state index contributed by atoms with van der Waals surface area (Å²) < 4.78 is 3.31. The normalized spacial score (nSPS) is 14.2. The molecule has 0 spiro atoms. The molecule has 0 fully saturated rings. The summed E-state index contributed by atoms with van der Waals surface area (Å²) >= 11 is 0. The third-order valence-electron chi connectivity index (χ3n) is 7.35. The van der Waals surface area contributed by atoms with Crippen LogP contribution < -0.4 is 0 Å². The minimum absolute atomic E-state index is 0.0306. The molecule has 4 heterocycles. The highest BCUT2D eigenvalue weighted by Crippen LogP contribution is 2.25. The van der Waals surface area contributed by atoms with Gasteiger partial charge in [0.2, 0.25) is 0 Å². The Hall–Kier alpha value is -5.78. The Morgan fingerprint density at radius 2 is 0.786 bits per heavy atom. The smallest absolute Gasteiger partial charge is 0.261 e. The molecule has 0 radical (unpaired) electrons. The summed E-state index contributed by atoms with van der Waals surface area (Å²) in [6.07, 6.45) is 3.44. The Labute approximate surface area is 238 Å². The zero-order valence-corrected chi connectivity index (χ0v) is 22.1. The van der Waals surface area contributed by atoms with Crippen LogP contribution in [0.2, 0.25) is 0 Å². The van der Waals surface area contributed by atoms with Gasteiger partial charge in [-0.15, -0.1) is 10.2 Å². The van der Waals surface area contributed by atoms with Crippen molar-refractivity contribution in [3.63, 3.8) is 0 Å². The first kappa shape index (κ1) is 25.2. The predicted molar refractivity (Wildman–Crippen MR) is 146 cm³/mol. The van der Waals surface area contributed by atoms with Crippen molar-refractivity contribution < 1.29 is 19.2 Å². The maximum absolute atomic E-state index is 12.7. The van der Waals surface area contributed by atoms with Gasteiger partial charge < -0.3 is 0 Å². The number of amides is 4. The van der Waals surface area contributed by atoms with Crippen LogP contribution in [0.4, 0.5) is 0 Å². The first-order chi connectivity index (χ1) is 20.5. The number of nitrogens with zero attached hydrogens (tertiary/aromatic N) is 8. The average Bonchev–Trinajstić information content (AvgIpc) is 3.76. The molecule has 12 nitrogen and oxygen atoms in total. The quantitative estimate of drug-likeness (QED) is 0.265. The summed E-state index contributed by atoms with van der Waals surface area (Å²) in [5.41, 5.74) is 4.49. The monoisotopic (exact) mass is 558 g/mol. The van der Waals surface area contributed by atoms with Gasteiger partial charge in [0.05, 0.1) is 60.8 Å². The molecule has 0 saturated carbocycles. The second kappa shape index (κ2) is 10.0. The lowest BCUT2D eigenvalue weighted by Crippen LogP contribution is -2.29.